The van der Waals surface area contributed by atoms with Crippen LogP contribution in [0.4, 0.5) is 0 Å². The van der Waals surface area contributed by atoms with E-state index in [0.29, 0.717) is 99.1 Å². The molecule has 1 aromatic carbocycles. The van der Waals surface area contributed by atoms with E-state index >= 15 is 0 Å². The number of hydrogen-bond acceptors (Lipinski definition) is 9. The molecule has 9 nitrogen and oxygen atoms in total. The van der Waals surface area contributed by atoms with E-state index in [-0.39, 0.29) is 6.61 Å². The SMILES string of the molecule is CCCCCCCCCc1ccc(OCCOCCOCCOCCOCCOCCOCCOCCO)c([125I])c1. The van der Waals surface area contributed by atoms with Crippen molar-refractivity contribution in [2.75, 3.05) is 106 Å². The minimum atomic E-state index is 0.0315. The number of benzene rings is 1. The summed E-state index contributed by atoms with van der Waals surface area (Å²) in [5.74, 6) is 0.921. The van der Waals surface area contributed by atoms with E-state index in [4.69, 9.17) is 43.0 Å². The van der Waals surface area contributed by atoms with E-state index < -0.39 is 0 Å². The number of ether oxygens (including phenoxy) is 8. The van der Waals surface area contributed by atoms with Crippen molar-refractivity contribution < 1.29 is 43.0 Å². The van der Waals surface area contributed by atoms with Gasteiger partial charge in [-0.2, -0.15) is 0 Å². The second kappa shape index (κ2) is 30.9. The topological polar surface area (TPSA) is 94.1 Å². The summed E-state index contributed by atoms with van der Waals surface area (Å²) < 4.78 is 45.0. The van der Waals surface area contributed by atoms with Crippen molar-refractivity contribution >= 4 is 22.6 Å². The molecule has 0 radical (unpaired) electrons. The Morgan fingerprint density at radius 3 is 1.39 bits per heavy atom. The molecule has 1 aromatic rings. The Hall–Kier alpha value is -0.570. The number of rotatable bonds is 32. The highest BCUT2D eigenvalue weighted by Crippen LogP contribution is 2.23. The van der Waals surface area contributed by atoms with Gasteiger partial charge in [0.25, 0.3) is 0 Å². The van der Waals surface area contributed by atoms with Crippen LogP contribution in [-0.4, -0.2) is 111 Å². The van der Waals surface area contributed by atoms with Gasteiger partial charge < -0.3 is 43.0 Å². The molecule has 0 aromatic heterocycles. The van der Waals surface area contributed by atoms with Gasteiger partial charge in [0.1, 0.15) is 12.4 Å². The van der Waals surface area contributed by atoms with Crippen LogP contribution in [-0.2, 0) is 39.6 Å². The maximum absolute atomic E-state index is 8.58. The summed E-state index contributed by atoms with van der Waals surface area (Å²) >= 11 is 2.36. The van der Waals surface area contributed by atoms with Crippen LogP contribution in [0.3, 0.4) is 0 Å². The fourth-order valence-electron chi connectivity index (χ4n) is 3.80. The maximum atomic E-state index is 8.58. The number of aliphatic hydroxyl groups excluding tert-OH is 1. The van der Waals surface area contributed by atoms with E-state index in [2.05, 4.69) is 47.7 Å². The Kier molecular flexibility index (Phi) is 29.0. The number of unbranched alkanes of at least 4 members (excludes halogenated alkanes) is 6. The monoisotopic (exact) mass is 696 g/mol. The third-order valence-electron chi connectivity index (χ3n) is 6.02. The molecule has 41 heavy (non-hydrogen) atoms. The second-order valence-corrected chi connectivity index (χ2v) is 10.7. The van der Waals surface area contributed by atoms with Crippen molar-refractivity contribution in [3.8, 4) is 5.75 Å². The maximum Gasteiger partial charge on any atom is 0.132 e. The summed E-state index contributed by atoms with van der Waals surface area (Å²) in [4.78, 5) is 0. The average Bonchev–Trinajstić information content (AvgIpc) is 2.98. The number of aryl methyl sites for hydroxylation is 1. The lowest BCUT2D eigenvalue weighted by Crippen LogP contribution is -2.15. The molecule has 0 atom stereocenters. The first kappa shape index (κ1) is 38.5. The summed E-state index contributed by atoms with van der Waals surface area (Å²) in [7, 11) is 0. The van der Waals surface area contributed by atoms with Crippen LogP contribution in [0.5, 0.6) is 5.75 Å². The predicted molar refractivity (Wildman–Crippen MR) is 169 cm³/mol. The number of aliphatic hydroxyl groups is 1. The molecule has 0 amide bonds. The van der Waals surface area contributed by atoms with Crippen LogP contribution >= 0.6 is 22.6 Å². The Morgan fingerprint density at radius 1 is 0.537 bits per heavy atom. The quantitative estimate of drug-likeness (QED) is 0.0819. The molecule has 0 aliphatic carbocycles. The van der Waals surface area contributed by atoms with Crippen LogP contribution in [0, 0.1) is 3.57 Å². The summed E-state index contributed by atoms with van der Waals surface area (Å²) in [6.07, 6.45) is 10.5. The second-order valence-electron chi connectivity index (χ2n) is 9.49. The smallest absolute Gasteiger partial charge is 0.132 e. The van der Waals surface area contributed by atoms with E-state index in [9.17, 15) is 0 Å². The summed E-state index contributed by atoms with van der Waals surface area (Å²) in [6.45, 7) is 9.88. The van der Waals surface area contributed by atoms with Gasteiger partial charge in [-0.25, -0.2) is 0 Å². The van der Waals surface area contributed by atoms with Crippen molar-refractivity contribution in [3.63, 3.8) is 0 Å². The minimum absolute atomic E-state index is 0.0315. The van der Waals surface area contributed by atoms with E-state index in [0.717, 1.165) is 15.7 Å². The Morgan fingerprint density at radius 2 is 0.951 bits per heavy atom. The van der Waals surface area contributed by atoms with Gasteiger partial charge in [-0.15, -0.1) is 0 Å². The fraction of sp³-hybridized carbons (Fsp3) is 0.806. The molecule has 0 fully saturated rings. The van der Waals surface area contributed by atoms with Crippen LogP contribution < -0.4 is 4.74 Å². The molecule has 1 N–H and O–H groups in total. The van der Waals surface area contributed by atoms with Crippen LogP contribution in [0.25, 0.3) is 0 Å². The largest absolute Gasteiger partial charge is 0.490 e. The normalized spacial score (nSPS) is 11.4. The molecule has 0 unspecified atom stereocenters. The molecule has 0 bridgehead atoms. The van der Waals surface area contributed by atoms with Crippen LogP contribution in [0.15, 0.2) is 18.2 Å². The third kappa shape index (κ3) is 25.6. The van der Waals surface area contributed by atoms with Gasteiger partial charge in [-0.3, -0.25) is 0 Å². The lowest BCUT2D eigenvalue weighted by molar-refractivity contribution is -0.0221. The van der Waals surface area contributed by atoms with Gasteiger partial charge in [0, 0.05) is 0 Å². The molecule has 1 rings (SSSR count). The molecule has 0 saturated heterocycles. The van der Waals surface area contributed by atoms with E-state index in [1.807, 2.05) is 0 Å². The Labute approximate surface area is 262 Å². The van der Waals surface area contributed by atoms with Gasteiger partial charge in [0.15, 0.2) is 0 Å². The first-order chi connectivity index (χ1) is 20.3. The van der Waals surface area contributed by atoms with Gasteiger partial charge in [-0.1, -0.05) is 51.5 Å². The highest BCUT2D eigenvalue weighted by atomic mass is 125. The highest BCUT2D eigenvalue weighted by molar-refractivity contribution is 14.1. The number of halogens is 1. The van der Waals surface area contributed by atoms with E-state index in [1.54, 1.807) is 0 Å². The van der Waals surface area contributed by atoms with E-state index in [1.165, 1.54) is 50.5 Å². The zero-order valence-corrected chi connectivity index (χ0v) is 27.5. The van der Waals surface area contributed by atoms with Crippen molar-refractivity contribution in [3.05, 3.63) is 27.3 Å². The fourth-order valence-corrected chi connectivity index (χ4v) is 4.54. The molecular formula is C31H55IO9. The van der Waals surface area contributed by atoms with Gasteiger partial charge in [0.05, 0.1) is 103 Å². The van der Waals surface area contributed by atoms with Gasteiger partial charge in [-0.05, 0) is 53.1 Å². The minimum Gasteiger partial charge on any atom is -0.490 e. The molecular weight excluding hydrogens is 641 g/mol. The molecule has 10 heteroatoms. The third-order valence-corrected chi connectivity index (χ3v) is 6.86. The Balaban J connectivity index is 1.81. The summed E-state index contributed by atoms with van der Waals surface area (Å²) in [5, 5.41) is 8.58. The van der Waals surface area contributed by atoms with Crippen molar-refractivity contribution in [2.24, 2.45) is 0 Å². The van der Waals surface area contributed by atoms with Gasteiger partial charge in [0.2, 0.25) is 0 Å². The number of hydrogen-bond donors (Lipinski definition) is 1. The first-order valence-electron chi connectivity index (χ1n) is 15.3. The highest BCUT2D eigenvalue weighted by Gasteiger charge is 2.03. The summed E-state index contributed by atoms with van der Waals surface area (Å²) in [5.41, 5.74) is 1.39. The van der Waals surface area contributed by atoms with Crippen molar-refractivity contribution in [1.29, 1.82) is 0 Å². The zero-order valence-electron chi connectivity index (χ0n) is 25.3. The van der Waals surface area contributed by atoms with Crippen molar-refractivity contribution in [2.45, 2.75) is 58.3 Å². The standard InChI is InChI=1S/C31H55IO9/c1-2-3-4-5-6-7-8-9-29-10-11-31(30(32)28-29)41-27-26-40-25-24-39-23-22-38-21-20-37-19-18-36-17-16-35-15-14-34-13-12-33/h10-11,28,33H,2-9,12-27H2,1H3/i32-2. The van der Waals surface area contributed by atoms with Crippen molar-refractivity contribution in [1.82, 2.24) is 0 Å². The molecule has 0 aliphatic rings. The molecule has 0 saturated carbocycles. The lowest BCUT2D eigenvalue weighted by atomic mass is 10.0. The Bertz CT molecular complexity index is 681. The van der Waals surface area contributed by atoms with Crippen LogP contribution in [0.1, 0.15) is 57.4 Å². The molecule has 0 aliphatic heterocycles. The lowest BCUT2D eigenvalue weighted by Gasteiger charge is -2.11. The predicted octanol–water partition coefficient (Wildman–Crippen LogP) is 5.07. The average molecular weight is 697 g/mol. The molecule has 0 spiro atoms. The van der Waals surface area contributed by atoms with Gasteiger partial charge >= 0.3 is 0 Å². The molecule has 0 heterocycles. The molecule has 240 valence electrons. The zero-order chi connectivity index (χ0) is 29.5. The summed E-state index contributed by atoms with van der Waals surface area (Å²) in [6, 6.07) is 6.51. The first-order valence-corrected chi connectivity index (χ1v) is 16.4. The van der Waals surface area contributed by atoms with Crippen LogP contribution in [0.2, 0.25) is 0 Å².